The van der Waals surface area contributed by atoms with Crippen LogP contribution >= 0.6 is 0 Å². The highest BCUT2D eigenvalue weighted by atomic mass is 16.6. The van der Waals surface area contributed by atoms with Crippen LogP contribution in [0.4, 0.5) is 9.59 Å². The highest BCUT2D eigenvalue weighted by molar-refractivity contribution is 5.90. The minimum Gasteiger partial charge on any atom is -0.444 e. The summed E-state index contributed by atoms with van der Waals surface area (Å²) in [6.45, 7) is 6.50. The Balaban J connectivity index is 1.43. The molecule has 3 aliphatic rings. The molecule has 5 amide bonds. The van der Waals surface area contributed by atoms with Crippen molar-refractivity contribution in [3.63, 3.8) is 0 Å². The first-order valence-electron chi connectivity index (χ1n) is 9.93. The van der Waals surface area contributed by atoms with E-state index < -0.39 is 29.7 Å². The molecule has 0 spiro atoms. The summed E-state index contributed by atoms with van der Waals surface area (Å²) in [4.78, 5) is 51.7. The number of fused-ring (bicyclic) bond motifs is 2. The molecule has 3 aliphatic heterocycles. The summed E-state index contributed by atoms with van der Waals surface area (Å²) < 4.78 is 5.34. The number of nitrogens with zero attached hydrogens (tertiary/aromatic N) is 3. The largest absolute Gasteiger partial charge is 0.444 e. The number of rotatable bonds is 2. The number of ether oxygens (including phenoxy) is 1. The van der Waals surface area contributed by atoms with E-state index in [0.717, 1.165) is 0 Å². The van der Waals surface area contributed by atoms with E-state index >= 15 is 0 Å². The van der Waals surface area contributed by atoms with Gasteiger partial charge in [-0.15, -0.1) is 0 Å². The second kappa shape index (κ2) is 8.05. The van der Waals surface area contributed by atoms with E-state index in [4.69, 9.17) is 4.74 Å². The number of carbonyl (C=O) groups is 4. The number of nitrogens with one attached hydrogen (secondary N) is 2. The third kappa shape index (κ3) is 4.72. The monoisotopic (exact) mass is 411 g/mol. The maximum Gasteiger partial charge on any atom is 0.410 e. The van der Waals surface area contributed by atoms with Crippen LogP contribution in [0.15, 0.2) is 0 Å². The Labute approximate surface area is 169 Å². The van der Waals surface area contributed by atoms with Gasteiger partial charge in [0.25, 0.3) is 5.91 Å². The molecule has 3 saturated heterocycles. The summed E-state index contributed by atoms with van der Waals surface area (Å²) in [6.07, 6.45) is 1.48. The molecule has 0 unspecified atom stereocenters. The number of hydrogen-bond acceptors (Lipinski definition) is 6. The van der Waals surface area contributed by atoms with Gasteiger partial charge in [-0.1, -0.05) is 0 Å². The highest BCUT2D eigenvalue weighted by Crippen LogP contribution is 2.28. The molecule has 0 aromatic heterocycles. The molecule has 11 nitrogen and oxygen atoms in total. The van der Waals surface area contributed by atoms with E-state index in [-0.39, 0.29) is 17.9 Å². The van der Waals surface area contributed by atoms with E-state index in [1.807, 2.05) is 0 Å². The minimum atomic E-state index is -0.717. The van der Waals surface area contributed by atoms with Crippen LogP contribution in [0.25, 0.3) is 0 Å². The molecule has 2 bridgehead atoms. The second-order valence-corrected chi connectivity index (χ2v) is 8.75. The van der Waals surface area contributed by atoms with Crippen LogP contribution in [-0.4, -0.2) is 81.3 Å². The van der Waals surface area contributed by atoms with Gasteiger partial charge >= 0.3 is 12.1 Å². The number of carbonyl (C=O) groups excluding carboxylic acids is 4. The van der Waals surface area contributed by atoms with Crippen molar-refractivity contribution >= 4 is 23.9 Å². The fraction of sp³-hybridized carbons (Fsp3) is 0.778. The molecule has 3 rings (SSSR count). The van der Waals surface area contributed by atoms with Crippen LogP contribution in [0.1, 0.15) is 46.5 Å². The van der Waals surface area contributed by atoms with Gasteiger partial charge in [-0.05, 0) is 46.5 Å². The number of amides is 5. The van der Waals surface area contributed by atoms with Crippen molar-refractivity contribution < 1.29 is 29.1 Å². The molecular formula is C18H29N5O6. The average molecular weight is 411 g/mol. The van der Waals surface area contributed by atoms with Crippen LogP contribution in [0.3, 0.4) is 0 Å². The van der Waals surface area contributed by atoms with Gasteiger partial charge in [0.1, 0.15) is 11.6 Å². The predicted molar refractivity (Wildman–Crippen MR) is 99.4 cm³/mol. The molecule has 0 aromatic rings. The molecule has 0 aromatic carbocycles. The third-order valence-corrected chi connectivity index (χ3v) is 5.47. The van der Waals surface area contributed by atoms with E-state index in [0.29, 0.717) is 50.4 Å². The van der Waals surface area contributed by atoms with Gasteiger partial charge in [0.15, 0.2) is 0 Å². The van der Waals surface area contributed by atoms with Crippen LogP contribution in [0.5, 0.6) is 0 Å². The summed E-state index contributed by atoms with van der Waals surface area (Å²) in [7, 11) is 0. The number of hydrogen-bond donors (Lipinski definition) is 3. The normalized spacial score (nSPS) is 25.1. The average Bonchev–Trinajstić information content (AvgIpc) is 2.89. The van der Waals surface area contributed by atoms with Crippen molar-refractivity contribution in [2.24, 2.45) is 5.92 Å². The smallest absolute Gasteiger partial charge is 0.410 e. The third-order valence-electron chi connectivity index (χ3n) is 5.47. The van der Waals surface area contributed by atoms with Crippen molar-refractivity contribution in [1.29, 1.82) is 0 Å². The fourth-order valence-corrected chi connectivity index (χ4v) is 3.88. The van der Waals surface area contributed by atoms with E-state index in [1.54, 1.807) is 25.7 Å². The molecular weight excluding hydrogens is 382 g/mol. The molecule has 3 N–H and O–H groups in total. The molecule has 11 heteroatoms. The van der Waals surface area contributed by atoms with Gasteiger partial charge in [0.2, 0.25) is 5.91 Å². The van der Waals surface area contributed by atoms with Crippen LogP contribution in [0, 0.1) is 5.92 Å². The molecule has 162 valence electrons. The quantitative estimate of drug-likeness (QED) is 0.446. The molecule has 2 atom stereocenters. The SMILES string of the molecule is CC(C)(C)OC(=O)N1CCC(C(=O)NNC(=O)[C@@H]2CC[C@@H]3CN2C(=O)N3O)CC1. The molecule has 3 fully saturated rings. The Kier molecular flexibility index (Phi) is 5.87. The maximum absolute atomic E-state index is 12.4. The van der Waals surface area contributed by atoms with Gasteiger partial charge in [-0.3, -0.25) is 25.6 Å². The number of likely N-dealkylation sites (tertiary alicyclic amines) is 1. The Morgan fingerprint density at radius 3 is 2.28 bits per heavy atom. The first-order valence-corrected chi connectivity index (χ1v) is 9.93. The lowest BCUT2D eigenvalue weighted by molar-refractivity contribution is -0.134. The van der Waals surface area contributed by atoms with Gasteiger partial charge in [-0.2, -0.15) is 0 Å². The standard InChI is InChI=1S/C18H29N5O6/c1-18(2,3)29-17(27)21-8-6-11(7-9-21)14(24)19-20-15(25)13-5-4-12-10-22(13)16(26)23(12)28/h11-13,28H,4-10H2,1-3H3,(H,19,24)(H,20,25)/t12-,13+/m1/s1. The van der Waals surface area contributed by atoms with Crippen LogP contribution < -0.4 is 10.9 Å². The molecule has 3 heterocycles. The summed E-state index contributed by atoms with van der Waals surface area (Å²) in [6, 6.07) is -1.59. The zero-order valence-electron chi connectivity index (χ0n) is 17.0. The lowest BCUT2D eigenvalue weighted by atomic mass is 9.96. The van der Waals surface area contributed by atoms with Gasteiger partial charge < -0.3 is 14.5 Å². The molecule has 0 radical (unpaired) electrons. The minimum absolute atomic E-state index is 0.281. The van der Waals surface area contributed by atoms with Crippen molar-refractivity contribution in [2.45, 2.75) is 64.1 Å². The van der Waals surface area contributed by atoms with Gasteiger partial charge in [0, 0.05) is 25.6 Å². The lowest BCUT2D eigenvalue weighted by Gasteiger charge is -2.33. The Bertz CT molecular complexity index is 685. The zero-order chi connectivity index (χ0) is 21.3. The van der Waals surface area contributed by atoms with Crippen molar-refractivity contribution in [1.82, 2.24) is 25.7 Å². The summed E-state index contributed by atoms with van der Waals surface area (Å²) in [5, 5.41) is 10.4. The van der Waals surface area contributed by atoms with Crippen LogP contribution in [0.2, 0.25) is 0 Å². The van der Waals surface area contributed by atoms with Crippen LogP contribution in [-0.2, 0) is 14.3 Å². The first kappa shape index (κ1) is 21.2. The fourth-order valence-electron chi connectivity index (χ4n) is 3.88. The van der Waals surface area contributed by atoms with Crippen molar-refractivity contribution in [3.8, 4) is 0 Å². The number of hydroxylamine groups is 2. The maximum atomic E-state index is 12.4. The summed E-state index contributed by atoms with van der Waals surface area (Å²) in [5.41, 5.74) is 4.25. The van der Waals surface area contributed by atoms with Gasteiger partial charge in [0.05, 0.1) is 6.04 Å². The summed E-state index contributed by atoms with van der Waals surface area (Å²) in [5.74, 6) is -1.13. The second-order valence-electron chi connectivity index (χ2n) is 8.75. The van der Waals surface area contributed by atoms with E-state index in [9.17, 15) is 24.4 Å². The van der Waals surface area contributed by atoms with Crippen molar-refractivity contribution in [3.05, 3.63) is 0 Å². The number of hydrazine groups is 1. The molecule has 29 heavy (non-hydrogen) atoms. The van der Waals surface area contributed by atoms with E-state index in [1.165, 1.54) is 4.90 Å². The number of piperidine rings is 2. The van der Waals surface area contributed by atoms with Gasteiger partial charge in [-0.25, -0.2) is 14.7 Å². The topological polar surface area (TPSA) is 132 Å². The highest BCUT2D eigenvalue weighted by Gasteiger charge is 2.46. The molecule has 0 saturated carbocycles. The summed E-state index contributed by atoms with van der Waals surface area (Å²) >= 11 is 0. The zero-order valence-corrected chi connectivity index (χ0v) is 17.0. The van der Waals surface area contributed by atoms with E-state index in [2.05, 4.69) is 10.9 Å². The van der Waals surface area contributed by atoms with Crippen molar-refractivity contribution in [2.75, 3.05) is 19.6 Å². The Morgan fingerprint density at radius 2 is 1.66 bits per heavy atom. The lowest BCUT2D eigenvalue weighted by Crippen LogP contribution is -2.55. The first-order chi connectivity index (χ1) is 13.6. The Hall–Kier alpha value is -2.56. The molecule has 0 aliphatic carbocycles. The predicted octanol–water partition coefficient (Wildman–Crippen LogP) is 0.439. The number of urea groups is 1. The Morgan fingerprint density at radius 1 is 1.03 bits per heavy atom.